The van der Waals surface area contributed by atoms with E-state index in [1.807, 2.05) is 12.1 Å². The van der Waals surface area contributed by atoms with Crippen LogP contribution in [0.25, 0.3) is 0 Å². The van der Waals surface area contributed by atoms with Crippen LogP contribution >= 0.6 is 0 Å². The van der Waals surface area contributed by atoms with Crippen LogP contribution in [0, 0.1) is 5.92 Å². The van der Waals surface area contributed by atoms with Crippen LogP contribution in [0.3, 0.4) is 0 Å². The number of amides is 1. The van der Waals surface area contributed by atoms with E-state index in [9.17, 15) is 9.90 Å². The van der Waals surface area contributed by atoms with Crippen LogP contribution in [-0.4, -0.2) is 23.2 Å². The Kier molecular flexibility index (Phi) is 3.35. The van der Waals surface area contributed by atoms with Crippen LogP contribution in [0.15, 0.2) is 22.8 Å². The van der Waals surface area contributed by atoms with Crippen LogP contribution in [0.1, 0.15) is 50.2 Å². The summed E-state index contributed by atoms with van der Waals surface area (Å²) in [6.45, 7) is 0.396. The van der Waals surface area contributed by atoms with E-state index in [0.717, 1.165) is 37.9 Å². The van der Waals surface area contributed by atoms with Crippen molar-refractivity contribution in [3.05, 3.63) is 24.2 Å². The lowest BCUT2D eigenvalue weighted by Crippen LogP contribution is -2.44. The Balaban J connectivity index is 1.47. The van der Waals surface area contributed by atoms with Crippen LogP contribution in [0.2, 0.25) is 0 Å². The molecule has 104 valence electrons. The third-order valence-electron chi connectivity index (χ3n) is 4.41. The topological polar surface area (TPSA) is 62.5 Å². The lowest BCUT2D eigenvalue weighted by Gasteiger charge is -2.32. The zero-order valence-corrected chi connectivity index (χ0v) is 11.1. The first-order valence-corrected chi connectivity index (χ1v) is 7.21. The Hall–Kier alpha value is -1.29. The van der Waals surface area contributed by atoms with Crippen molar-refractivity contribution in [2.24, 2.45) is 5.92 Å². The van der Waals surface area contributed by atoms with E-state index >= 15 is 0 Å². The molecule has 2 aliphatic carbocycles. The highest BCUT2D eigenvalue weighted by atomic mass is 16.3. The number of carbonyl (C=O) groups is 1. The molecule has 1 aromatic heterocycles. The van der Waals surface area contributed by atoms with Gasteiger partial charge in [-0.15, -0.1) is 0 Å². The second-order valence-corrected chi connectivity index (χ2v) is 5.97. The quantitative estimate of drug-likeness (QED) is 0.875. The van der Waals surface area contributed by atoms with E-state index in [4.69, 9.17) is 4.42 Å². The molecule has 0 aromatic carbocycles. The maximum atomic E-state index is 12.0. The number of hydrogen-bond donors (Lipinski definition) is 2. The Morgan fingerprint density at radius 3 is 2.89 bits per heavy atom. The summed E-state index contributed by atoms with van der Waals surface area (Å²) in [7, 11) is 0. The van der Waals surface area contributed by atoms with Crippen molar-refractivity contribution in [1.29, 1.82) is 0 Å². The average Bonchev–Trinajstić information content (AvgIpc) is 3.03. The Morgan fingerprint density at radius 2 is 2.21 bits per heavy atom. The molecule has 19 heavy (non-hydrogen) atoms. The maximum absolute atomic E-state index is 12.0. The van der Waals surface area contributed by atoms with Gasteiger partial charge in [0.05, 0.1) is 11.9 Å². The molecule has 2 fully saturated rings. The number of aliphatic hydroxyl groups is 1. The zero-order valence-electron chi connectivity index (χ0n) is 11.1. The predicted molar refractivity (Wildman–Crippen MR) is 70.6 cm³/mol. The molecule has 4 heteroatoms. The van der Waals surface area contributed by atoms with Gasteiger partial charge in [0.15, 0.2) is 0 Å². The van der Waals surface area contributed by atoms with Crippen LogP contribution in [-0.2, 0) is 4.79 Å². The highest BCUT2D eigenvalue weighted by molar-refractivity contribution is 5.82. The molecule has 2 unspecified atom stereocenters. The number of nitrogens with one attached hydrogen (secondary N) is 1. The summed E-state index contributed by atoms with van der Waals surface area (Å²) in [5.41, 5.74) is -0.678. The molecule has 2 aliphatic rings. The van der Waals surface area contributed by atoms with Gasteiger partial charge in [-0.1, -0.05) is 19.3 Å². The molecule has 0 saturated heterocycles. The first kappa shape index (κ1) is 12.7. The van der Waals surface area contributed by atoms with Crippen LogP contribution in [0.4, 0.5) is 0 Å². The monoisotopic (exact) mass is 263 g/mol. The van der Waals surface area contributed by atoms with Crippen molar-refractivity contribution in [2.75, 3.05) is 6.54 Å². The fourth-order valence-electron chi connectivity index (χ4n) is 3.07. The number of rotatable bonds is 4. The van der Waals surface area contributed by atoms with E-state index in [1.165, 1.54) is 6.42 Å². The second-order valence-electron chi connectivity index (χ2n) is 5.97. The minimum absolute atomic E-state index is 0.0262. The standard InChI is InChI=1S/C15H21NO3/c17-14(12-9-11(12)13-5-4-8-19-13)16-10-15(18)6-2-1-3-7-15/h4-5,8,11-12,18H,1-3,6-7,9-10H2,(H,16,17). The first-order chi connectivity index (χ1) is 9.18. The summed E-state index contributed by atoms with van der Waals surface area (Å²) in [5.74, 6) is 1.21. The summed E-state index contributed by atoms with van der Waals surface area (Å²) >= 11 is 0. The highest BCUT2D eigenvalue weighted by Crippen LogP contribution is 2.47. The first-order valence-electron chi connectivity index (χ1n) is 7.21. The molecular weight excluding hydrogens is 242 g/mol. The molecule has 0 bridgehead atoms. The van der Waals surface area contributed by atoms with Crippen molar-refractivity contribution in [3.8, 4) is 0 Å². The molecule has 2 atom stereocenters. The molecule has 4 nitrogen and oxygen atoms in total. The van der Waals surface area contributed by atoms with Gasteiger partial charge in [-0.25, -0.2) is 0 Å². The van der Waals surface area contributed by atoms with Gasteiger partial charge in [0.2, 0.25) is 5.91 Å². The fourth-order valence-corrected chi connectivity index (χ4v) is 3.07. The number of furan rings is 1. The van der Waals surface area contributed by atoms with Crippen molar-refractivity contribution in [2.45, 2.75) is 50.0 Å². The van der Waals surface area contributed by atoms with Gasteiger partial charge in [-0.2, -0.15) is 0 Å². The SMILES string of the molecule is O=C(NCC1(O)CCCCC1)C1CC1c1ccco1. The van der Waals surface area contributed by atoms with Gasteiger partial charge in [0, 0.05) is 18.4 Å². The summed E-state index contributed by atoms with van der Waals surface area (Å²) < 4.78 is 5.32. The third kappa shape index (κ3) is 2.84. The normalized spacial score (nSPS) is 28.9. The molecule has 1 aromatic rings. The molecule has 3 rings (SSSR count). The number of carbonyl (C=O) groups excluding carboxylic acids is 1. The maximum Gasteiger partial charge on any atom is 0.223 e. The van der Waals surface area contributed by atoms with Crippen LogP contribution in [0.5, 0.6) is 0 Å². The molecule has 0 radical (unpaired) electrons. The summed E-state index contributed by atoms with van der Waals surface area (Å²) in [6.07, 6.45) is 7.43. The largest absolute Gasteiger partial charge is 0.469 e. The molecule has 0 spiro atoms. The van der Waals surface area contributed by atoms with Crippen molar-refractivity contribution < 1.29 is 14.3 Å². The minimum atomic E-state index is -0.678. The van der Waals surface area contributed by atoms with Gasteiger partial charge in [-0.3, -0.25) is 4.79 Å². The van der Waals surface area contributed by atoms with E-state index in [2.05, 4.69) is 5.32 Å². The Morgan fingerprint density at radius 1 is 1.42 bits per heavy atom. The Labute approximate surface area is 113 Å². The van der Waals surface area contributed by atoms with Crippen molar-refractivity contribution in [3.63, 3.8) is 0 Å². The third-order valence-corrected chi connectivity index (χ3v) is 4.41. The lowest BCUT2D eigenvalue weighted by molar-refractivity contribution is -0.124. The van der Waals surface area contributed by atoms with Gasteiger partial charge >= 0.3 is 0 Å². The minimum Gasteiger partial charge on any atom is -0.469 e. The summed E-state index contributed by atoms with van der Waals surface area (Å²) in [4.78, 5) is 12.0. The fraction of sp³-hybridized carbons (Fsp3) is 0.667. The van der Waals surface area contributed by atoms with Crippen LogP contribution < -0.4 is 5.32 Å². The lowest BCUT2D eigenvalue weighted by atomic mass is 9.85. The van der Waals surface area contributed by atoms with Gasteiger partial charge in [0.1, 0.15) is 5.76 Å². The zero-order chi connectivity index (χ0) is 13.3. The molecule has 2 N–H and O–H groups in total. The molecule has 1 amide bonds. The number of hydrogen-bond acceptors (Lipinski definition) is 3. The van der Waals surface area contributed by atoms with Gasteiger partial charge < -0.3 is 14.8 Å². The smallest absolute Gasteiger partial charge is 0.223 e. The molecular formula is C15H21NO3. The van der Waals surface area contributed by atoms with E-state index < -0.39 is 5.60 Å². The predicted octanol–water partition coefficient (Wildman–Crippen LogP) is 2.19. The van der Waals surface area contributed by atoms with Crippen molar-refractivity contribution in [1.82, 2.24) is 5.32 Å². The average molecular weight is 263 g/mol. The molecule has 2 saturated carbocycles. The molecule has 1 heterocycles. The Bertz CT molecular complexity index is 434. The van der Waals surface area contributed by atoms with Gasteiger partial charge in [-0.05, 0) is 31.4 Å². The van der Waals surface area contributed by atoms with E-state index in [0.29, 0.717) is 6.54 Å². The highest BCUT2D eigenvalue weighted by Gasteiger charge is 2.46. The van der Waals surface area contributed by atoms with E-state index in [-0.39, 0.29) is 17.7 Å². The van der Waals surface area contributed by atoms with Gasteiger partial charge in [0.25, 0.3) is 0 Å². The molecule has 0 aliphatic heterocycles. The van der Waals surface area contributed by atoms with E-state index in [1.54, 1.807) is 6.26 Å². The summed E-state index contributed by atoms with van der Waals surface area (Å²) in [5, 5.41) is 13.3. The summed E-state index contributed by atoms with van der Waals surface area (Å²) in [6, 6.07) is 3.78. The van der Waals surface area contributed by atoms with Crippen molar-refractivity contribution >= 4 is 5.91 Å². The second kappa shape index (κ2) is 5.00.